The zero-order valence-electron chi connectivity index (χ0n) is 15.0. The van der Waals surface area contributed by atoms with Crippen molar-refractivity contribution in [2.75, 3.05) is 20.3 Å². The number of hydrogen-bond acceptors (Lipinski definition) is 6. The molecule has 1 amide bonds. The molecule has 0 bridgehead atoms. The van der Waals surface area contributed by atoms with Crippen LogP contribution in [0.1, 0.15) is 38.2 Å². The van der Waals surface area contributed by atoms with Gasteiger partial charge in [0.2, 0.25) is 0 Å². The van der Waals surface area contributed by atoms with Crippen LogP contribution in [0.15, 0.2) is 29.2 Å². The van der Waals surface area contributed by atoms with Crippen molar-refractivity contribution in [3.8, 4) is 5.75 Å². The molecule has 0 unspecified atom stereocenters. The van der Waals surface area contributed by atoms with E-state index in [0.29, 0.717) is 28.8 Å². The molecule has 1 aliphatic heterocycles. The lowest BCUT2D eigenvalue weighted by molar-refractivity contribution is -0.140. The summed E-state index contributed by atoms with van der Waals surface area (Å²) < 4.78 is 10.8. The van der Waals surface area contributed by atoms with Crippen molar-refractivity contribution in [3.63, 3.8) is 0 Å². The fourth-order valence-corrected chi connectivity index (χ4v) is 3.84. The van der Waals surface area contributed by atoms with E-state index >= 15 is 0 Å². The highest BCUT2D eigenvalue weighted by atomic mass is 32.2. The highest BCUT2D eigenvalue weighted by Crippen LogP contribution is 2.34. The van der Waals surface area contributed by atoms with E-state index in [-0.39, 0.29) is 11.9 Å². The first-order valence-electron chi connectivity index (χ1n) is 8.60. The van der Waals surface area contributed by atoms with E-state index in [0.717, 1.165) is 30.6 Å². The molecule has 2 rings (SSSR count). The van der Waals surface area contributed by atoms with Crippen molar-refractivity contribution in [1.29, 1.82) is 0 Å². The fraction of sp³-hybridized carbons (Fsp3) is 0.421. The minimum Gasteiger partial charge on any atom is -0.493 e. The zero-order valence-corrected chi connectivity index (χ0v) is 16.7. The van der Waals surface area contributed by atoms with Crippen LogP contribution in [0.4, 0.5) is 0 Å². The summed E-state index contributed by atoms with van der Waals surface area (Å²) in [6.45, 7) is 3.06. The van der Waals surface area contributed by atoms with Crippen molar-refractivity contribution in [1.82, 2.24) is 4.90 Å². The molecule has 0 atom stereocenters. The summed E-state index contributed by atoms with van der Waals surface area (Å²) in [4.78, 5) is 26.0. The van der Waals surface area contributed by atoms with Crippen LogP contribution in [0.5, 0.6) is 5.75 Å². The van der Waals surface area contributed by atoms with Crippen LogP contribution in [0.3, 0.4) is 0 Å². The van der Waals surface area contributed by atoms with Crippen molar-refractivity contribution >= 4 is 46.3 Å². The molecule has 1 saturated heterocycles. The topological polar surface area (TPSA) is 55.8 Å². The Labute approximate surface area is 163 Å². The van der Waals surface area contributed by atoms with Gasteiger partial charge in [-0.25, -0.2) is 0 Å². The second-order valence-electron chi connectivity index (χ2n) is 5.69. The van der Waals surface area contributed by atoms with E-state index in [4.69, 9.17) is 17.0 Å². The molecule has 140 valence electrons. The number of hydrogen-bond donors (Lipinski definition) is 0. The highest BCUT2D eigenvalue weighted by Gasteiger charge is 2.31. The molecule has 26 heavy (non-hydrogen) atoms. The lowest BCUT2D eigenvalue weighted by Gasteiger charge is -2.14. The van der Waals surface area contributed by atoms with E-state index in [1.54, 1.807) is 4.90 Å². The highest BCUT2D eigenvalue weighted by molar-refractivity contribution is 8.26. The molecular formula is C19H23NO4S2. The van der Waals surface area contributed by atoms with Crippen LogP contribution in [-0.2, 0) is 14.3 Å². The van der Waals surface area contributed by atoms with Crippen LogP contribution >= 0.6 is 24.0 Å². The number of unbranched alkanes of at least 4 members (excludes halogenated alkanes) is 2. The van der Waals surface area contributed by atoms with Crippen LogP contribution in [-0.4, -0.2) is 41.4 Å². The van der Waals surface area contributed by atoms with Gasteiger partial charge in [-0.1, -0.05) is 48.6 Å². The number of thiocarbonyl (C=S) groups is 1. The number of rotatable bonds is 9. The molecule has 1 heterocycles. The monoisotopic (exact) mass is 393 g/mol. The first kappa shape index (κ1) is 20.5. The van der Waals surface area contributed by atoms with Gasteiger partial charge in [-0.15, -0.1) is 0 Å². The molecule has 1 aromatic rings. The minimum atomic E-state index is -0.202. The standard InChI is InChI=1S/C19H23NO4S2/c1-3-24-15-10-7-6-9-14(15)13-16-18(22)20(19(25)26-16)12-8-4-5-11-17(21)23-2/h6-7,9-10,13H,3-5,8,11-12H2,1-2H3/b16-13+. The molecule has 1 fully saturated rings. The average Bonchev–Trinajstić information content (AvgIpc) is 2.90. The quantitative estimate of drug-likeness (QED) is 0.273. The van der Waals surface area contributed by atoms with Gasteiger partial charge in [0.25, 0.3) is 5.91 Å². The summed E-state index contributed by atoms with van der Waals surface area (Å²) >= 11 is 6.67. The summed E-state index contributed by atoms with van der Waals surface area (Å²) in [7, 11) is 1.39. The molecule has 0 saturated carbocycles. The second kappa shape index (κ2) is 10.3. The number of thioether (sulfide) groups is 1. The third kappa shape index (κ3) is 5.57. The third-order valence-corrected chi connectivity index (χ3v) is 5.25. The van der Waals surface area contributed by atoms with Crippen molar-refractivity contribution < 1.29 is 19.1 Å². The maximum atomic E-state index is 12.6. The number of esters is 1. The predicted octanol–water partition coefficient (Wildman–Crippen LogP) is 4.02. The van der Waals surface area contributed by atoms with E-state index in [9.17, 15) is 9.59 Å². The first-order chi connectivity index (χ1) is 12.6. The van der Waals surface area contributed by atoms with Gasteiger partial charge in [0.15, 0.2) is 0 Å². The van der Waals surface area contributed by atoms with Gasteiger partial charge in [0.05, 0.1) is 18.6 Å². The van der Waals surface area contributed by atoms with E-state index in [1.807, 2.05) is 37.3 Å². The van der Waals surface area contributed by atoms with Crippen LogP contribution in [0.25, 0.3) is 6.08 Å². The molecule has 1 aliphatic rings. The first-order valence-corrected chi connectivity index (χ1v) is 9.83. The minimum absolute atomic E-state index is 0.0701. The summed E-state index contributed by atoms with van der Waals surface area (Å²) in [6, 6.07) is 7.63. The Hall–Kier alpha value is -1.86. The number of para-hydroxylation sites is 1. The summed E-state index contributed by atoms with van der Waals surface area (Å²) in [5.41, 5.74) is 0.868. The lowest BCUT2D eigenvalue weighted by Crippen LogP contribution is -2.29. The fourth-order valence-electron chi connectivity index (χ4n) is 2.54. The van der Waals surface area contributed by atoms with Gasteiger partial charge >= 0.3 is 5.97 Å². The maximum Gasteiger partial charge on any atom is 0.305 e. The van der Waals surface area contributed by atoms with Gasteiger partial charge in [0.1, 0.15) is 10.1 Å². The van der Waals surface area contributed by atoms with Gasteiger partial charge in [-0.3, -0.25) is 14.5 Å². The Balaban J connectivity index is 1.95. The summed E-state index contributed by atoms with van der Waals surface area (Å²) in [6.07, 6.45) is 4.63. The number of carbonyl (C=O) groups excluding carboxylic acids is 2. The van der Waals surface area contributed by atoms with E-state index < -0.39 is 0 Å². The predicted molar refractivity (Wildman–Crippen MR) is 108 cm³/mol. The van der Waals surface area contributed by atoms with Gasteiger partial charge in [-0.05, 0) is 31.9 Å². The van der Waals surface area contributed by atoms with Crippen LogP contribution < -0.4 is 4.74 Å². The Morgan fingerprint density at radius 1 is 1.27 bits per heavy atom. The average molecular weight is 394 g/mol. The SMILES string of the molecule is CCOc1ccccc1/C=C1/SC(=S)N(CCCCCC(=O)OC)C1=O. The number of carbonyl (C=O) groups is 2. The van der Waals surface area contributed by atoms with E-state index in [1.165, 1.54) is 18.9 Å². The summed E-state index contributed by atoms with van der Waals surface area (Å²) in [5.74, 6) is 0.480. The lowest BCUT2D eigenvalue weighted by atomic mass is 10.1. The third-order valence-electron chi connectivity index (χ3n) is 3.87. The number of benzene rings is 1. The van der Waals surface area contributed by atoms with Crippen LogP contribution in [0.2, 0.25) is 0 Å². The Morgan fingerprint density at radius 3 is 2.77 bits per heavy atom. The molecule has 5 nitrogen and oxygen atoms in total. The molecule has 0 spiro atoms. The molecule has 0 N–H and O–H groups in total. The Morgan fingerprint density at radius 2 is 2.04 bits per heavy atom. The smallest absolute Gasteiger partial charge is 0.305 e. The van der Waals surface area contributed by atoms with Crippen molar-refractivity contribution in [2.24, 2.45) is 0 Å². The number of amides is 1. The second-order valence-corrected chi connectivity index (χ2v) is 7.37. The number of ether oxygens (including phenoxy) is 2. The molecule has 0 aliphatic carbocycles. The Bertz CT molecular complexity index is 703. The molecule has 0 aromatic heterocycles. The van der Waals surface area contributed by atoms with Gasteiger partial charge < -0.3 is 9.47 Å². The molecule has 7 heteroatoms. The number of nitrogens with zero attached hydrogens (tertiary/aromatic N) is 1. The van der Waals surface area contributed by atoms with Crippen molar-refractivity contribution in [3.05, 3.63) is 34.7 Å². The molecule has 0 radical (unpaired) electrons. The number of methoxy groups -OCH3 is 1. The van der Waals surface area contributed by atoms with Gasteiger partial charge in [-0.2, -0.15) is 0 Å². The Kier molecular flexibility index (Phi) is 8.12. The summed E-state index contributed by atoms with van der Waals surface area (Å²) in [5, 5.41) is 0. The van der Waals surface area contributed by atoms with E-state index in [2.05, 4.69) is 4.74 Å². The molecular weight excluding hydrogens is 370 g/mol. The van der Waals surface area contributed by atoms with Crippen LogP contribution in [0, 0.1) is 0 Å². The molecule has 1 aromatic carbocycles. The normalized spacial score (nSPS) is 15.6. The maximum absolute atomic E-state index is 12.6. The van der Waals surface area contributed by atoms with Crippen molar-refractivity contribution in [2.45, 2.75) is 32.6 Å². The largest absolute Gasteiger partial charge is 0.493 e. The van der Waals surface area contributed by atoms with Gasteiger partial charge in [0, 0.05) is 18.5 Å². The zero-order chi connectivity index (χ0) is 18.9.